The lowest BCUT2D eigenvalue weighted by molar-refractivity contribution is -0.385. The highest BCUT2D eigenvalue weighted by molar-refractivity contribution is 6.19. The Bertz CT molecular complexity index is 1000. The van der Waals surface area contributed by atoms with E-state index < -0.39 is 28.2 Å². The fourth-order valence-electron chi connectivity index (χ4n) is 2.78. The number of cyclic esters (lactones) is 2. The van der Waals surface area contributed by atoms with E-state index in [9.17, 15) is 19.7 Å². The molecule has 0 radical (unpaired) electrons. The van der Waals surface area contributed by atoms with Crippen LogP contribution in [0.5, 0.6) is 11.5 Å². The molecule has 0 aromatic heterocycles. The topological polar surface area (TPSA) is 114 Å². The van der Waals surface area contributed by atoms with Crippen molar-refractivity contribution >= 4 is 23.7 Å². The van der Waals surface area contributed by atoms with Crippen LogP contribution in [0.1, 0.15) is 25.0 Å². The molecule has 1 aliphatic heterocycles. The third-order valence-electron chi connectivity index (χ3n) is 4.16. The Morgan fingerprint density at radius 3 is 2.27 bits per heavy atom. The van der Waals surface area contributed by atoms with Crippen LogP contribution in [-0.4, -0.2) is 29.8 Å². The van der Waals surface area contributed by atoms with Crippen molar-refractivity contribution in [3.8, 4) is 11.5 Å². The highest BCUT2D eigenvalue weighted by atomic mass is 16.7. The number of nitrogens with zero attached hydrogens (tertiary/aromatic N) is 1. The van der Waals surface area contributed by atoms with E-state index in [0.717, 1.165) is 17.7 Å². The summed E-state index contributed by atoms with van der Waals surface area (Å²) in [5.74, 6) is -2.95. The van der Waals surface area contributed by atoms with Crippen LogP contribution in [0.25, 0.3) is 6.08 Å². The quantitative estimate of drug-likeness (QED) is 0.233. The standard InChI is InChI=1S/C21H19NO8/c1-21(2)29-19(23)15(20(24)30-21)9-14-10-18(17(27-3)11-16(14)22(25)26)28-12-13-7-5-4-6-8-13/h4-11H,12H2,1-3H3. The van der Waals surface area contributed by atoms with E-state index in [4.69, 9.17) is 18.9 Å². The molecule has 0 bridgehead atoms. The van der Waals surface area contributed by atoms with Gasteiger partial charge in [0.25, 0.3) is 11.5 Å². The van der Waals surface area contributed by atoms with Crippen molar-refractivity contribution in [3.05, 3.63) is 69.3 Å². The molecule has 30 heavy (non-hydrogen) atoms. The molecular formula is C21H19NO8. The Kier molecular flexibility index (Phi) is 5.72. The van der Waals surface area contributed by atoms with Gasteiger partial charge in [-0.2, -0.15) is 0 Å². The molecular weight excluding hydrogens is 394 g/mol. The van der Waals surface area contributed by atoms with Crippen LogP contribution in [-0.2, 0) is 25.7 Å². The second-order valence-corrected chi connectivity index (χ2v) is 6.83. The average Bonchev–Trinajstić information content (AvgIpc) is 2.68. The van der Waals surface area contributed by atoms with Crippen LogP contribution in [0, 0.1) is 10.1 Å². The number of methoxy groups -OCH3 is 1. The average molecular weight is 413 g/mol. The third kappa shape index (κ3) is 4.57. The van der Waals surface area contributed by atoms with E-state index in [0.29, 0.717) is 0 Å². The number of carbonyl (C=O) groups is 2. The van der Waals surface area contributed by atoms with Crippen LogP contribution in [0.15, 0.2) is 48.0 Å². The molecule has 1 aliphatic rings. The van der Waals surface area contributed by atoms with E-state index in [1.165, 1.54) is 27.0 Å². The van der Waals surface area contributed by atoms with Crippen molar-refractivity contribution < 1.29 is 33.5 Å². The van der Waals surface area contributed by atoms with Crippen LogP contribution < -0.4 is 9.47 Å². The third-order valence-corrected chi connectivity index (χ3v) is 4.16. The summed E-state index contributed by atoms with van der Waals surface area (Å²) in [4.78, 5) is 35.3. The fraction of sp³-hybridized carbons (Fsp3) is 0.238. The summed E-state index contributed by atoms with van der Waals surface area (Å²) in [6.07, 6.45) is 1.05. The van der Waals surface area contributed by atoms with E-state index in [2.05, 4.69) is 0 Å². The lowest BCUT2D eigenvalue weighted by Gasteiger charge is -2.29. The van der Waals surface area contributed by atoms with E-state index in [-0.39, 0.29) is 29.4 Å². The first kappa shape index (κ1) is 20.8. The highest BCUT2D eigenvalue weighted by Gasteiger charge is 2.39. The monoisotopic (exact) mass is 413 g/mol. The second kappa shape index (κ2) is 8.24. The predicted octanol–water partition coefficient (Wildman–Crippen LogP) is 3.40. The van der Waals surface area contributed by atoms with Gasteiger partial charge in [-0.3, -0.25) is 10.1 Å². The van der Waals surface area contributed by atoms with E-state index in [1.807, 2.05) is 30.3 Å². The molecule has 2 aromatic rings. The van der Waals surface area contributed by atoms with Crippen molar-refractivity contribution in [1.82, 2.24) is 0 Å². The van der Waals surface area contributed by atoms with E-state index in [1.54, 1.807) is 0 Å². The summed E-state index contributed by atoms with van der Waals surface area (Å²) < 4.78 is 21.0. The number of esters is 2. The zero-order valence-corrected chi connectivity index (χ0v) is 16.5. The van der Waals surface area contributed by atoms with Crippen LogP contribution in [0.2, 0.25) is 0 Å². The summed E-state index contributed by atoms with van der Waals surface area (Å²) in [5.41, 5.74) is 0.000363. The molecule has 0 aliphatic carbocycles. The van der Waals surface area contributed by atoms with Gasteiger partial charge in [-0.25, -0.2) is 9.59 Å². The van der Waals surface area contributed by atoms with Crippen LogP contribution in [0.3, 0.4) is 0 Å². The number of nitro benzene ring substituents is 1. The summed E-state index contributed by atoms with van der Waals surface area (Å²) in [5, 5.41) is 11.5. The van der Waals surface area contributed by atoms with Crippen LogP contribution in [0.4, 0.5) is 5.69 Å². The molecule has 0 saturated carbocycles. The first-order valence-corrected chi connectivity index (χ1v) is 8.91. The van der Waals surface area contributed by atoms with Gasteiger partial charge in [-0.15, -0.1) is 0 Å². The smallest absolute Gasteiger partial charge is 0.348 e. The number of rotatable bonds is 6. The summed E-state index contributed by atoms with van der Waals surface area (Å²) in [6, 6.07) is 11.8. The number of benzene rings is 2. The number of hydrogen-bond acceptors (Lipinski definition) is 8. The molecule has 0 unspecified atom stereocenters. The molecule has 1 saturated heterocycles. The molecule has 0 N–H and O–H groups in total. The van der Waals surface area contributed by atoms with Gasteiger partial charge in [0.15, 0.2) is 11.5 Å². The molecule has 2 aromatic carbocycles. The van der Waals surface area contributed by atoms with Gasteiger partial charge < -0.3 is 18.9 Å². The maximum Gasteiger partial charge on any atom is 0.348 e. The molecule has 0 spiro atoms. The normalized spacial score (nSPS) is 15.1. The maximum atomic E-state index is 12.2. The SMILES string of the molecule is COc1cc([N+](=O)[O-])c(C=C2C(=O)OC(C)(C)OC2=O)cc1OCc1ccccc1. The zero-order chi connectivity index (χ0) is 21.9. The second-order valence-electron chi connectivity index (χ2n) is 6.83. The largest absolute Gasteiger partial charge is 0.493 e. The van der Waals surface area contributed by atoms with Gasteiger partial charge in [0.1, 0.15) is 12.2 Å². The number of nitro groups is 1. The van der Waals surface area contributed by atoms with Gasteiger partial charge in [-0.05, 0) is 17.7 Å². The summed E-state index contributed by atoms with van der Waals surface area (Å²) in [6.45, 7) is 3.00. The van der Waals surface area contributed by atoms with Gasteiger partial charge in [0.2, 0.25) is 0 Å². The predicted molar refractivity (Wildman–Crippen MR) is 105 cm³/mol. The molecule has 0 amide bonds. The summed E-state index contributed by atoms with van der Waals surface area (Å²) >= 11 is 0. The molecule has 0 atom stereocenters. The van der Waals surface area contributed by atoms with Crippen molar-refractivity contribution in [3.63, 3.8) is 0 Å². The molecule has 1 heterocycles. The zero-order valence-electron chi connectivity index (χ0n) is 16.5. The van der Waals surface area contributed by atoms with Gasteiger partial charge in [0, 0.05) is 13.8 Å². The van der Waals surface area contributed by atoms with Crippen molar-refractivity contribution in [2.45, 2.75) is 26.2 Å². The highest BCUT2D eigenvalue weighted by Crippen LogP contribution is 2.37. The van der Waals surface area contributed by atoms with E-state index >= 15 is 0 Å². The van der Waals surface area contributed by atoms with Crippen molar-refractivity contribution in [2.24, 2.45) is 0 Å². The maximum absolute atomic E-state index is 12.2. The number of ether oxygens (including phenoxy) is 4. The van der Waals surface area contributed by atoms with Gasteiger partial charge in [0.05, 0.1) is 23.7 Å². The lowest BCUT2D eigenvalue weighted by atomic mass is 10.1. The molecule has 1 fully saturated rings. The number of carbonyl (C=O) groups excluding carboxylic acids is 2. The minimum Gasteiger partial charge on any atom is -0.493 e. The molecule has 9 heteroatoms. The number of hydrogen-bond donors (Lipinski definition) is 0. The fourth-order valence-corrected chi connectivity index (χ4v) is 2.78. The van der Waals surface area contributed by atoms with Crippen LogP contribution >= 0.6 is 0 Å². The Labute approximate surface area is 172 Å². The van der Waals surface area contributed by atoms with Gasteiger partial charge >= 0.3 is 11.9 Å². The molecule has 9 nitrogen and oxygen atoms in total. The Morgan fingerprint density at radius 2 is 1.70 bits per heavy atom. The van der Waals surface area contributed by atoms with Crippen molar-refractivity contribution in [1.29, 1.82) is 0 Å². The minimum absolute atomic E-state index is 0.0348. The molecule has 156 valence electrons. The minimum atomic E-state index is -1.42. The molecule has 3 rings (SSSR count). The first-order valence-electron chi connectivity index (χ1n) is 8.91. The first-order chi connectivity index (χ1) is 14.2. The van der Waals surface area contributed by atoms with Crippen molar-refractivity contribution in [2.75, 3.05) is 7.11 Å². The van der Waals surface area contributed by atoms with Gasteiger partial charge in [-0.1, -0.05) is 30.3 Å². The Balaban J connectivity index is 2.01. The Hall–Kier alpha value is -3.88. The summed E-state index contributed by atoms with van der Waals surface area (Å²) in [7, 11) is 1.35. The lowest BCUT2D eigenvalue weighted by Crippen LogP contribution is -2.41. The Morgan fingerprint density at radius 1 is 1.07 bits per heavy atom.